The van der Waals surface area contributed by atoms with Crippen LogP contribution in [0.5, 0.6) is 0 Å². The van der Waals surface area contributed by atoms with Crippen molar-refractivity contribution in [3.8, 4) is 0 Å². The third-order valence-electron chi connectivity index (χ3n) is 5.49. The van der Waals surface area contributed by atoms with Crippen molar-refractivity contribution in [2.75, 3.05) is 13.1 Å². The zero-order chi connectivity index (χ0) is 18.4. The van der Waals surface area contributed by atoms with Gasteiger partial charge in [-0.2, -0.15) is 0 Å². The largest absolute Gasteiger partial charge is 0.494 e. The first-order valence-corrected chi connectivity index (χ1v) is 8.81. The Morgan fingerprint density at radius 3 is 2.42 bits per heavy atom. The van der Waals surface area contributed by atoms with Gasteiger partial charge in [0.25, 0.3) is 5.91 Å². The van der Waals surface area contributed by atoms with Crippen LogP contribution < -0.4 is 11.2 Å². The van der Waals surface area contributed by atoms with Gasteiger partial charge in [-0.05, 0) is 58.1 Å². The fraction of sp³-hybridized carbons (Fsp3) is 0.611. The molecule has 1 aromatic rings. The number of likely N-dealkylation sites (tertiary alicyclic amines) is 1. The summed E-state index contributed by atoms with van der Waals surface area (Å²) in [5.74, 6) is -0.871. The van der Waals surface area contributed by atoms with E-state index in [-0.39, 0.29) is 29.9 Å². The lowest BCUT2D eigenvalue weighted by Gasteiger charge is -2.32. The smallest absolute Gasteiger partial charge is 0.399 e. The quantitative estimate of drug-likeness (QED) is 0.793. The van der Waals surface area contributed by atoms with E-state index in [4.69, 9.17) is 15.0 Å². The number of carbonyl (C=O) groups excluding carboxylic acids is 1. The van der Waals surface area contributed by atoms with E-state index >= 15 is 0 Å². The van der Waals surface area contributed by atoms with E-state index in [1.165, 1.54) is 12.1 Å². The number of halogens is 2. The Kier molecular flexibility index (Phi) is 6.08. The molecule has 0 unspecified atom stereocenters. The van der Waals surface area contributed by atoms with Crippen LogP contribution in [0.25, 0.3) is 0 Å². The van der Waals surface area contributed by atoms with Gasteiger partial charge in [-0.15, -0.1) is 12.4 Å². The van der Waals surface area contributed by atoms with Crippen molar-refractivity contribution in [1.82, 2.24) is 4.90 Å². The summed E-state index contributed by atoms with van der Waals surface area (Å²) in [6, 6.07) is 4.50. The SMILES string of the molecule is CC1(C)OB(c2ccc(C(=O)N3CCC[C@H](N)C3)c(F)c2)OC1(C)C.Cl. The second-order valence-electron chi connectivity index (χ2n) is 7.98. The summed E-state index contributed by atoms with van der Waals surface area (Å²) in [5, 5.41) is 0. The summed E-state index contributed by atoms with van der Waals surface area (Å²) in [5.41, 5.74) is 5.57. The van der Waals surface area contributed by atoms with Crippen molar-refractivity contribution in [3.05, 3.63) is 29.6 Å². The molecule has 0 aromatic heterocycles. The van der Waals surface area contributed by atoms with Crippen molar-refractivity contribution in [3.63, 3.8) is 0 Å². The number of amides is 1. The van der Waals surface area contributed by atoms with Crippen LogP contribution in [-0.4, -0.2) is 48.3 Å². The molecule has 8 heteroatoms. The average Bonchev–Trinajstić information content (AvgIpc) is 2.75. The lowest BCUT2D eigenvalue weighted by Crippen LogP contribution is -2.46. The molecule has 0 bridgehead atoms. The standard InChI is InChI=1S/C18H26BFN2O3.ClH/c1-17(2)18(3,4)25-19(24-17)12-7-8-14(15(20)10-12)16(23)22-9-5-6-13(21)11-22;/h7-8,10,13H,5-6,9,11,21H2,1-4H3;1H/t13-;/m0./s1. The second-order valence-corrected chi connectivity index (χ2v) is 7.98. The van der Waals surface area contributed by atoms with Gasteiger partial charge in [0.2, 0.25) is 0 Å². The maximum Gasteiger partial charge on any atom is 0.494 e. The minimum atomic E-state index is -0.646. The number of nitrogens with zero attached hydrogens (tertiary/aromatic N) is 1. The van der Waals surface area contributed by atoms with E-state index in [2.05, 4.69) is 0 Å². The van der Waals surface area contributed by atoms with Crippen molar-refractivity contribution < 1.29 is 18.5 Å². The molecule has 1 aromatic carbocycles. The van der Waals surface area contributed by atoms with Gasteiger partial charge in [0.1, 0.15) is 5.82 Å². The van der Waals surface area contributed by atoms with Crippen LogP contribution in [0.3, 0.4) is 0 Å². The highest BCUT2D eigenvalue weighted by Gasteiger charge is 2.51. The molecule has 1 atom stereocenters. The van der Waals surface area contributed by atoms with Crippen LogP contribution in [0.15, 0.2) is 18.2 Å². The van der Waals surface area contributed by atoms with Gasteiger partial charge in [0, 0.05) is 19.1 Å². The Balaban J connectivity index is 0.00000243. The van der Waals surface area contributed by atoms with Gasteiger partial charge in [0.15, 0.2) is 0 Å². The van der Waals surface area contributed by atoms with Gasteiger partial charge in [-0.3, -0.25) is 4.79 Å². The molecule has 26 heavy (non-hydrogen) atoms. The highest BCUT2D eigenvalue weighted by Crippen LogP contribution is 2.36. The minimum absolute atomic E-state index is 0. The van der Waals surface area contributed by atoms with E-state index in [9.17, 15) is 9.18 Å². The van der Waals surface area contributed by atoms with Crippen LogP contribution in [0, 0.1) is 5.82 Å². The number of nitrogens with two attached hydrogens (primary N) is 1. The molecule has 2 heterocycles. The highest BCUT2D eigenvalue weighted by molar-refractivity contribution is 6.62. The highest BCUT2D eigenvalue weighted by atomic mass is 35.5. The molecule has 2 N–H and O–H groups in total. The first kappa shape index (κ1) is 21.2. The third kappa shape index (κ3) is 3.91. The van der Waals surface area contributed by atoms with E-state index in [1.54, 1.807) is 11.0 Å². The topological polar surface area (TPSA) is 64.8 Å². The van der Waals surface area contributed by atoms with E-state index in [1.807, 2.05) is 27.7 Å². The van der Waals surface area contributed by atoms with Crippen LogP contribution in [0.4, 0.5) is 4.39 Å². The number of hydrogen-bond acceptors (Lipinski definition) is 4. The molecule has 2 aliphatic heterocycles. The molecule has 0 saturated carbocycles. The summed E-state index contributed by atoms with van der Waals surface area (Å²) in [4.78, 5) is 14.2. The minimum Gasteiger partial charge on any atom is -0.399 e. The first-order valence-electron chi connectivity index (χ1n) is 8.81. The average molecular weight is 385 g/mol. The monoisotopic (exact) mass is 384 g/mol. The van der Waals surface area contributed by atoms with Gasteiger partial charge >= 0.3 is 7.12 Å². The lowest BCUT2D eigenvalue weighted by molar-refractivity contribution is 0.00578. The second kappa shape index (κ2) is 7.47. The molecule has 0 aliphatic carbocycles. The Morgan fingerprint density at radius 1 is 1.27 bits per heavy atom. The molecule has 5 nitrogen and oxygen atoms in total. The molecule has 144 valence electrons. The summed E-state index contributed by atoms with van der Waals surface area (Å²) in [6.45, 7) is 8.87. The van der Waals surface area contributed by atoms with Gasteiger partial charge in [0.05, 0.1) is 16.8 Å². The predicted octanol–water partition coefficient (Wildman–Crippen LogP) is 2.11. The summed E-state index contributed by atoms with van der Waals surface area (Å²) in [7, 11) is -0.646. The molecule has 2 saturated heterocycles. The number of hydrogen-bond donors (Lipinski definition) is 1. The van der Waals surface area contributed by atoms with Crippen molar-refractivity contribution in [2.24, 2.45) is 5.73 Å². The molecule has 2 aliphatic rings. The Bertz CT molecular complexity index is 670. The molecule has 0 spiro atoms. The summed E-state index contributed by atoms with van der Waals surface area (Å²) >= 11 is 0. The Hall–Kier alpha value is -1.15. The number of rotatable bonds is 2. The van der Waals surface area contributed by atoms with Crippen LogP contribution >= 0.6 is 12.4 Å². The van der Waals surface area contributed by atoms with Gasteiger partial charge in [-0.1, -0.05) is 6.07 Å². The maximum absolute atomic E-state index is 14.6. The number of piperidine rings is 1. The van der Waals surface area contributed by atoms with Gasteiger partial charge in [-0.25, -0.2) is 4.39 Å². The molecular formula is C18H27BClFN2O3. The predicted molar refractivity (Wildman–Crippen MR) is 102 cm³/mol. The van der Waals surface area contributed by atoms with Crippen molar-refractivity contribution in [2.45, 2.75) is 57.8 Å². The number of benzene rings is 1. The molecular weight excluding hydrogens is 357 g/mol. The summed E-state index contributed by atoms with van der Waals surface area (Å²) < 4.78 is 26.5. The summed E-state index contributed by atoms with van der Waals surface area (Å²) in [6.07, 6.45) is 1.74. The zero-order valence-corrected chi connectivity index (χ0v) is 16.6. The zero-order valence-electron chi connectivity index (χ0n) is 15.8. The third-order valence-corrected chi connectivity index (χ3v) is 5.49. The lowest BCUT2D eigenvalue weighted by atomic mass is 9.78. The van der Waals surface area contributed by atoms with Crippen LogP contribution in [0.1, 0.15) is 50.9 Å². The fourth-order valence-electron chi connectivity index (χ4n) is 3.20. The Morgan fingerprint density at radius 2 is 1.88 bits per heavy atom. The first-order chi connectivity index (χ1) is 11.6. The van der Waals surface area contributed by atoms with E-state index in [0.29, 0.717) is 18.6 Å². The van der Waals surface area contributed by atoms with E-state index in [0.717, 1.165) is 12.8 Å². The van der Waals surface area contributed by atoms with Crippen LogP contribution in [-0.2, 0) is 9.31 Å². The fourth-order valence-corrected chi connectivity index (χ4v) is 3.20. The molecule has 2 fully saturated rings. The number of carbonyl (C=O) groups is 1. The molecule has 0 radical (unpaired) electrons. The van der Waals surface area contributed by atoms with Crippen molar-refractivity contribution in [1.29, 1.82) is 0 Å². The van der Waals surface area contributed by atoms with E-state index < -0.39 is 24.1 Å². The normalized spacial score (nSPS) is 24.3. The van der Waals surface area contributed by atoms with Crippen molar-refractivity contribution >= 4 is 30.9 Å². The Labute approximate surface area is 160 Å². The molecule has 3 rings (SSSR count). The van der Waals surface area contributed by atoms with Gasteiger partial charge < -0.3 is 19.9 Å². The molecule has 1 amide bonds. The maximum atomic E-state index is 14.6. The van der Waals surface area contributed by atoms with Crippen LogP contribution in [0.2, 0.25) is 0 Å².